The Balaban J connectivity index is 1.39. The van der Waals surface area contributed by atoms with E-state index in [2.05, 4.69) is 32.0 Å². The van der Waals surface area contributed by atoms with Gasteiger partial charge in [-0.15, -0.1) is 11.3 Å². The molecule has 7 heteroatoms. The second-order valence-corrected chi connectivity index (χ2v) is 7.97. The van der Waals surface area contributed by atoms with E-state index in [-0.39, 0.29) is 5.56 Å². The molecule has 1 N–H and O–H groups in total. The fourth-order valence-corrected chi connectivity index (χ4v) is 4.50. The van der Waals surface area contributed by atoms with E-state index in [9.17, 15) is 4.79 Å². The zero-order valence-corrected chi connectivity index (χ0v) is 16.5. The molecule has 0 saturated heterocycles. The van der Waals surface area contributed by atoms with Crippen molar-refractivity contribution in [2.45, 2.75) is 19.5 Å². The first-order valence-electron chi connectivity index (χ1n) is 9.50. The van der Waals surface area contributed by atoms with Crippen molar-refractivity contribution in [3.8, 4) is 22.6 Å². The van der Waals surface area contributed by atoms with Crippen LogP contribution in [0.1, 0.15) is 16.1 Å². The van der Waals surface area contributed by atoms with Crippen LogP contribution in [0, 0.1) is 0 Å². The van der Waals surface area contributed by atoms with Crippen molar-refractivity contribution >= 4 is 11.3 Å². The molecule has 0 unspecified atom stereocenters. The zero-order chi connectivity index (χ0) is 19.6. The van der Waals surface area contributed by atoms with Gasteiger partial charge in [0.05, 0.1) is 22.5 Å². The van der Waals surface area contributed by atoms with Crippen molar-refractivity contribution in [1.29, 1.82) is 0 Å². The summed E-state index contributed by atoms with van der Waals surface area (Å²) in [6.45, 7) is 2.23. The second-order valence-electron chi connectivity index (χ2n) is 7.03. The van der Waals surface area contributed by atoms with Gasteiger partial charge in [-0.1, -0.05) is 30.3 Å². The van der Waals surface area contributed by atoms with Crippen molar-refractivity contribution in [2.24, 2.45) is 0 Å². The summed E-state index contributed by atoms with van der Waals surface area (Å²) in [6, 6.07) is 14.0. The van der Waals surface area contributed by atoms with Crippen molar-refractivity contribution in [3.05, 3.63) is 86.9 Å². The highest BCUT2D eigenvalue weighted by Crippen LogP contribution is 2.28. The average Bonchev–Trinajstić information content (AvgIpc) is 3.23. The van der Waals surface area contributed by atoms with Gasteiger partial charge in [-0.05, 0) is 12.1 Å². The lowest BCUT2D eigenvalue weighted by Gasteiger charge is -2.27. The van der Waals surface area contributed by atoms with Crippen molar-refractivity contribution in [3.63, 3.8) is 0 Å². The Morgan fingerprint density at radius 3 is 2.79 bits per heavy atom. The molecule has 1 aliphatic rings. The van der Waals surface area contributed by atoms with E-state index >= 15 is 0 Å². The highest BCUT2D eigenvalue weighted by Gasteiger charge is 2.23. The number of benzene rings is 1. The van der Waals surface area contributed by atoms with E-state index < -0.39 is 0 Å². The molecule has 0 saturated carbocycles. The Morgan fingerprint density at radius 1 is 1.10 bits per heavy atom. The molecule has 0 fully saturated rings. The van der Waals surface area contributed by atoms with Gasteiger partial charge in [-0.25, -0.2) is 9.97 Å². The van der Waals surface area contributed by atoms with Gasteiger partial charge in [0.1, 0.15) is 5.82 Å². The maximum Gasteiger partial charge on any atom is 0.255 e. The topological polar surface area (TPSA) is 74.8 Å². The standard InChI is InChI=1S/C22H19N5OS/c28-22-17-12-27(13-19-20(24-14-29-19)15-5-2-1-3-6-15)10-8-18(17)25-21(26-22)16-7-4-9-23-11-16/h1-7,9,11,14H,8,10,12-13H2,(H,25,26,28). The smallest absolute Gasteiger partial charge is 0.255 e. The predicted molar refractivity (Wildman–Crippen MR) is 113 cm³/mol. The summed E-state index contributed by atoms with van der Waals surface area (Å²) < 4.78 is 0. The van der Waals surface area contributed by atoms with Gasteiger partial charge in [-0.2, -0.15) is 0 Å². The van der Waals surface area contributed by atoms with Crippen LogP contribution in [-0.2, 0) is 19.5 Å². The largest absolute Gasteiger partial charge is 0.306 e. The summed E-state index contributed by atoms with van der Waals surface area (Å²) >= 11 is 1.66. The monoisotopic (exact) mass is 401 g/mol. The van der Waals surface area contributed by atoms with E-state index in [1.165, 1.54) is 4.88 Å². The molecule has 1 aromatic carbocycles. The van der Waals surface area contributed by atoms with Crippen LogP contribution in [0.5, 0.6) is 0 Å². The number of hydrogen-bond donors (Lipinski definition) is 1. The van der Waals surface area contributed by atoms with Gasteiger partial charge in [0.2, 0.25) is 0 Å². The lowest BCUT2D eigenvalue weighted by molar-refractivity contribution is 0.244. The maximum atomic E-state index is 12.7. The minimum Gasteiger partial charge on any atom is -0.306 e. The third-order valence-corrected chi connectivity index (χ3v) is 5.96. The van der Waals surface area contributed by atoms with Gasteiger partial charge in [-0.3, -0.25) is 14.7 Å². The number of thiazole rings is 1. The molecule has 6 nitrogen and oxygen atoms in total. The van der Waals surface area contributed by atoms with Gasteiger partial charge >= 0.3 is 0 Å². The molecule has 0 aliphatic carbocycles. The number of aromatic amines is 1. The molecular weight excluding hydrogens is 382 g/mol. The summed E-state index contributed by atoms with van der Waals surface area (Å²) in [5.74, 6) is 0.587. The summed E-state index contributed by atoms with van der Waals surface area (Å²) in [7, 11) is 0. The Morgan fingerprint density at radius 2 is 1.97 bits per heavy atom. The quantitative estimate of drug-likeness (QED) is 0.566. The molecule has 1 aliphatic heterocycles. The average molecular weight is 401 g/mol. The Labute approximate surface area is 171 Å². The molecule has 4 aromatic rings. The van der Waals surface area contributed by atoms with E-state index in [0.717, 1.165) is 47.6 Å². The molecule has 0 radical (unpaired) electrons. The molecule has 29 heavy (non-hydrogen) atoms. The van der Waals surface area contributed by atoms with E-state index in [4.69, 9.17) is 4.98 Å². The highest BCUT2D eigenvalue weighted by atomic mass is 32.1. The third kappa shape index (κ3) is 3.62. The first-order chi connectivity index (χ1) is 14.3. The van der Waals surface area contributed by atoms with Crippen molar-refractivity contribution < 1.29 is 0 Å². The molecule has 4 heterocycles. The lowest BCUT2D eigenvalue weighted by Crippen LogP contribution is -2.35. The van der Waals surface area contributed by atoms with Crippen molar-refractivity contribution in [1.82, 2.24) is 24.8 Å². The fraction of sp³-hybridized carbons (Fsp3) is 0.182. The Bertz CT molecular complexity index is 1190. The van der Waals surface area contributed by atoms with E-state index in [1.807, 2.05) is 35.8 Å². The molecule has 5 rings (SSSR count). The zero-order valence-electron chi connectivity index (χ0n) is 15.7. The molecule has 0 bridgehead atoms. The van der Waals surface area contributed by atoms with Gasteiger partial charge in [0, 0.05) is 54.5 Å². The van der Waals surface area contributed by atoms with E-state index in [0.29, 0.717) is 12.4 Å². The molecular formula is C22H19N5OS. The van der Waals surface area contributed by atoms with Crippen LogP contribution in [0.4, 0.5) is 0 Å². The van der Waals surface area contributed by atoms with Crippen LogP contribution in [0.25, 0.3) is 22.6 Å². The van der Waals surface area contributed by atoms with Gasteiger partial charge in [0.25, 0.3) is 5.56 Å². The molecule has 3 aromatic heterocycles. The molecule has 0 amide bonds. The first-order valence-corrected chi connectivity index (χ1v) is 10.4. The molecule has 144 valence electrons. The fourth-order valence-electron chi connectivity index (χ4n) is 3.67. The Kier molecular flexibility index (Phi) is 4.75. The number of fused-ring (bicyclic) bond motifs is 1. The summed E-state index contributed by atoms with van der Waals surface area (Å²) in [4.78, 5) is 32.6. The summed E-state index contributed by atoms with van der Waals surface area (Å²) in [5, 5.41) is 0. The number of hydrogen-bond acceptors (Lipinski definition) is 6. The van der Waals surface area contributed by atoms with Crippen LogP contribution in [0.3, 0.4) is 0 Å². The number of nitrogens with zero attached hydrogens (tertiary/aromatic N) is 4. The minimum atomic E-state index is -0.0638. The lowest BCUT2D eigenvalue weighted by atomic mass is 10.1. The van der Waals surface area contributed by atoms with Crippen molar-refractivity contribution in [2.75, 3.05) is 6.54 Å². The Hall–Kier alpha value is -3.16. The normalized spacial score (nSPS) is 13.9. The number of pyridine rings is 1. The molecule has 0 atom stereocenters. The van der Waals surface area contributed by atoms with Crippen LogP contribution >= 0.6 is 11.3 Å². The number of H-pyrrole nitrogens is 1. The number of nitrogens with one attached hydrogen (secondary N) is 1. The maximum absolute atomic E-state index is 12.7. The van der Waals surface area contributed by atoms with Crippen LogP contribution in [-0.4, -0.2) is 31.4 Å². The van der Waals surface area contributed by atoms with Crippen LogP contribution < -0.4 is 5.56 Å². The number of rotatable bonds is 4. The van der Waals surface area contributed by atoms with Crippen LogP contribution in [0.2, 0.25) is 0 Å². The van der Waals surface area contributed by atoms with Gasteiger partial charge < -0.3 is 4.98 Å². The second kappa shape index (κ2) is 7.69. The first kappa shape index (κ1) is 17.9. The number of aromatic nitrogens is 4. The van der Waals surface area contributed by atoms with Crippen LogP contribution in [0.15, 0.2) is 65.2 Å². The minimum absolute atomic E-state index is 0.0638. The predicted octanol–water partition coefficient (Wildman–Crippen LogP) is 3.51. The van der Waals surface area contributed by atoms with E-state index in [1.54, 1.807) is 23.7 Å². The SMILES string of the molecule is O=c1[nH]c(-c2cccnc2)nc2c1CN(Cc1scnc1-c1ccccc1)CC2. The third-order valence-electron chi connectivity index (χ3n) is 5.14. The van der Waals surface area contributed by atoms with Gasteiger partial charge in [0.15, 0.2) is 0 Å². The molecule has 0 spiro atoms. The summed E-state index contributed by atoms with van der Waals surface area (Å²) in [6.07, 6.45) is 4.18. The summed E-state index contributed by atoms with van der Waals surface area (Å²) in [5.41, 5.74) is 6.45. The highest BCUT2D eigenvalue weighted by molar-refractivity contribution is 7.10.